The summed E-state index contributed by atoms with van der Waals surface area (Å²) in [6.07, 6.45) is 8.50. The van der Waals surface area contributed by atoms with Crippen molar-refractivity contribution in [2.75, 3.05) is 6.54 Å². The van der Waals surface area contributed by atoms with Gasteiger partial charge in [0.15, 0.2) is 0 Å². The number of carbonyl (C=O) groups excluding carboxylic acids is 1. The quantitative estimate of drug-likeness (QED) is 0.557. The van der Waals surface area contributed by atoms with E-state index >= 15 is 0 Å². The van der Waals surface area contributed by atoms with E-state index in [4.69, 9.17) is 0 Å². The second kappa shape index (κ2) is 11.5. The fraction of sp³-hybridized carbons (Fsp3) is 0.933. The van der Waals surface area contributed by atoms with Crippen LogP contribution in [0.2, 0.25) is 0 Å². The number of carbonyl (C=O) groups is 1. The zero-order chi connectivity index (χ0) is 13.8. The highest BCUT2D eigenvalue weighted by atomic mass is 16.2. The molecule has 2 unspecified atom stereocenters. The molecule has 0 aromatic heterocycles. The molecule has 0 heterocycles. The molecule has 0 saturated heterocycles. The summed E-state index contributed by atoms with van der Waals surface area (Å²) in [6, 6.07) is 0.344. The molecule has 0 aliphatic rings. The molecule has 2 N–H and O–H groups in total. The third-order valence-corrected chi connectivity index (χ3v) is 3.25. The Labute approximate surface area is 113 Å². The van der Waals surface area contributed by atoms with Gasteiger partial charge in [0, 0.05) is 12.6 Å². The van der Waals surface area contributed by atoms with Crippen LogP contribution in [0.3, 0.4) is 0 Å². The first-order valence-electron chi connectivity index (χ1n) is 7.65. The van der Waals surface area contributed by atoms with Gasteiger partial charge in [0.2, 0.25) is 5.91 Å². The maximum atomic E-state index is 11.8. The van der Waals surface area contributed by atoms with Crippen LogP contribution in [0, 0.1) is 0 Å². The van der Waals surface area contributed by atoms with Crippen LogP contribution in [0.15, 0.2) is 0 Å². The van der Waals surface area contributed by atoms with E-state index in [-0.39, 0.29) is 11.9 Å². The molecule has 0 aliphatic heterocycles. The van der Waals surface area contributed by atoms with Crippen molar-refractivity contribution in [3.8, 4) is 0 Å². The summed E-state index contributed by atoms with van der Waals surface area (Å²) in [5.74, 6) is 0.129. The Bertz CT molecular complexity index is 207. The van der Waals surface area contributed by atoms with Gasteiger partial charge in [0.25, 0.3) is 0 Å². The maximum Gasteiger partial charge on any atom is 0.236 e. The zero-order valence-corrected chi connectivity index (χ0v) is 12.7. The van der Waals surface area contributed by atoms with E-state index < -0.39 is 0 Å². The highest BCUT2D eigenvalue weighted by Crippen LogP contribution is 2.05. The summed E-state index contributed by atoms with van der Waals surface area (Å²) < 4.78 is 0. The van der Waals surface area contributed by atoms with Crippen molar-refractivity contribution in [2.45, 2.75) is 84.7 Å². The molecule has 0 aromatic carbocycles. The molecule has 108 valence electrons. The van der Waals surface area contributed by atoms with Gasteiger partial charge in [-0.05, 0) is 26.7 Å². The first-order valence-corrected chi connectivity index (χ1v) is 7.65. The van der Waals surface area contributed by atoms with Crippen LogP contribution in [0.4, 0.5) is 0 Å². The Balaban J connectivity index is 3.64. The molecule has 0 aliphatic carbocycles. The Morgan fingerprint density at radius 2 is 1.67 bits per heavy atom. The van der Waals surface area contributed by atoms with Crippen LogP contribution in [0.1, 0.15) is 72.6 Å². The summed E-state index contributed by atoms with van der Waals surface area (Å²) in [4.78, 5) is 11.8. The van der Waals surface area contributed by atoms with Gasteiger partial charge in [0.1, 0.15) is 0 Å². The average Bonchev–Trinajstić information content (AvgIpc) is 2.34. The third kappa shape index (κ3) is 9.46. The lowest BCUT2D eigenvalue weighted by Gasteiger charge is -2.19. The summed E-state index contributed by atoms with van der Waals surface area (Å²) >= 11 is 0. The second-order valence-corrected chi connectivity index (χ2v) is 5.28. The minimum Gasteiger partial charge on any atom is -0.355 e. The topological polar surface area (TPSA) is 41.1 Å². The fourth-order valence-corrected chi connectivity index (χ4v) is 2.00. The van der Waals surface area contributed by atoms with E-state index in [1.165, 1.54) is 25.7 Å². The lowest BCUT2D eigenvalue weighted by molar-refractivity contribution is -0.122. The van der Waals surface area contributed by atoms with E-state index in [0.717, 1.165) is 25.8 Å². The first kappa shape index (κ1) is 17.4. The lowest BCUT2D eigenvalue weighted by atomic mass is 10.1. The van der Waals surface area contributed by atoms with Crippen molar-refractivity contribution < 1.29 is 4.79 Å². The second-order valence-electron chi connectivity index (χ2n) is 5.28. The number of unbranched alkanes of at least 4 members (excludes halogenated alkanes) is 4. The number of nitrogens with one attached hydrogen (secondary N) is 2. The van der Waals surface area contributed by atoms with E-state index in [0.29, 0.717) is 6.04 Å². The van der Waals surface area contributed by atoms with Crippen LogP contribution < -0.4 is 10.6 Å². The van der Waals surface area contributed by atoms with E-state index in [1.54, 1.807) is 0 Å². The number of amides is 1. The summed E-state index contributed by atoms with van der Waals surface area (Å²) in [7, 11) is 0. The van der Waals surface area contributed by atoms with E-state index in [9.17, 15) is 4.79 Å². The molecule has 2 atom stereocenters. The molecule has 1 amide bonds. The van der Waals surface area contributed by atoms with Gasteiger partial charge in [-0.15, -0.1) is 0 Å². The van der Waals surface area contributed by atoms with Gasteiger partial charge < -0.3 is 10.6 Å². The highest BCUT2D eigenvalue weighted by molar-refractivity contribution is 5.81. The molecule has 0 radical (unpaired) electrons. The molecule has 0 fully saturated rings. The van der Waals surface area contributed by atoms with Gasteiger partial charge >= 0.3 is 0 Å². The molecular formula is C15H32N2O. The Kier molecular flexibility index (Phi) is 11.2. The fourth-order valence-electron chi connectivity index (χ4n) is 2.00. The van der Waals surface area contributed by atoms with Gasteiger partial charge in [-0.25, -0.2) is 0 Å². The van der Waals surface area contributed by atoms with E-state index in [2.05, 4.69) is 31.4 Å². The van der Waals surface area contributed by atoms with Crippen LogP contribution in [-0.2, 0) is 4.79 Å². The predicted molar refractivity (Wildman–Crippen MR) is 78.7 cm³/mol. The maximum absolute atomic E-state index is 11.8. The summed E-state index contributed by atoms with van der Waals surface area (Å²) in [5, 5.41) is 6.34. The van der Waals surface area contributed by atoms with Crippen LogP contribution >= 0.6 is 0 Å². The van der Waals surface area contributed by atoms with Gasteiger partial charge in [-0.2, -0.15) is 0 Å². The molecular weight excluding hydrogens is 224 g/mol. The average molecular weight is 256 g/mol. The summed E-state index contributed by atoms with van der Waals surface area (Å²) in [6.45, 7) is 9.27. The Morgan fingerprint density at radius 3 is 2.28 bits per heavy atom. The normalized spacial score (nSPS) is 14.2. The molecule has 0 bridgehead atoms. The van der Waals surface area contributed by atoms with Crippen molar-refractivity contribution in [3.05, 3.63) is 0 Å². The molecule has 0 saturated carbocycles. The highest BCUT2D eigenvalue weighted by Gasteiger charge is 2.14. The number of rotatable bonds is 11. The van der Waals surface area contributed by atoms with Crippen molar-refractivity contribution in [3.63, 3.8) is 0 Å². The van der Waals surface area contributed by atoms with Crippen molar-refractivity contribution in [1.29, 1.82) is 0 Å². The minimum absolute atomic E-state index is 0.0805. The molecule has 0 rings (SSSR count). The van der Waals surface area contributed by atoms with Gasteiger partial charge in [-0.3, -0.25) is 4.79 Å². The lowest BCUT2D eigenvalue weighted by Crippen LogP contribution is -2.45. The van der Waals surface area contributed by atoms with Crippen LogP contribution in [0.5, 0.6) is 0 Å². The predicted octanol–water partition coefficient (Wildman–Crippen LogP) is 3.24. The molecule has 18 heavy (non-hydrogen) atoms. The molecule has 3 nitrogen and oxygen atoms in total. The smallest absolute Gasteiger partial charge is 0.236 e. The molecule has 0 aromatic rings. The molecule has 3 heteroatoms. The Hall–Kier alpha value is -0.570. The summed E-state index contributed by atoms with van der Waals surface area (Å²) in [5.41, 5.74) is 0. The van der Waals surface area contributed by atoms with E-state index in [1.807, 2.05) is 6.92 Å². The third-order valence-electron chi connectivity index (χ3n) is 3.25. The number of hydrogen-bond acceptors (Lipinski definition) is 2. The van der Waals surface area contributed by atoms with Crippen molar-refractivity contribution in [1.82, 2.24) is 10.6 Å². The van der Waals surface area contributed by atoms with Crippen molar-refractivity contribution in [2.24, 2.45) is 0 Å². The Morgan fingerprint density at radius 1 is 1.00 bits per heavy atom. The number of hydrogen-bond donors (Lipinski definition) is 2. The monoisotopic (exact) mass is 256 g/mol. The van der Waals surface area contributed by atoms with Gasteiger partial charge in [-0.1, -0.05) is 46.0 Å². The largest absolute Gasteiger partial charge is 0.355 e. The zero-order valence-electron chi connectivity index (χ0n) is 12.7. The van der Waals surface area contributed by atoms with Gasteiger partial charge in [0.05, 0.1) is 6.04 Å². The first-order chi connectivity index (χ1) is 8.61. The molecule has 0 spiro atoms. The van der Waals surface area contributed by atoms with Crippen LogP contribution in [-0.4, -0.2) is 24.5 Å². The van der Waals surface area contributed by atoms with Crippen LogP contribution in [0.25, 0.3) is 0 Å². The van der Waals surface area contributed by atoms with Crippen molar-refractivity contribution >= 4 is 5.91 Å². The standard InChI is InChI=1S/C15H32N2O/c1-5-7-9-10-11-13(3)17-14(4)15(18)16-12-8-6-2/h13-14,17H,5-12H2,1-4H3,(H,16,18). The minimum atomic E-state index is -0.0805. The SMILES string of the molecule is CCCCCCC(C)NC(C)C(=O)NCCCC.